The molecule has 0 saturated carbocycles. The van der Waals surface area contributed by atoms with E-state index in [1.165, 1.54) is 0 Å². The zero-order chi connectivity index (χ0) is 14.9. The number of fused-ring (bicyclic) bond motifs is 2. The minimum absolute atomic E-state index is 0.0837. The average molecular weight is 353 g/mol. The van der Waals surface area contributed by atoms with E-state index in [4.69, 9.17) is 14.2 Å². The smallest absolute Gasteiger partial charge is 0.127 e. The fourth-order valence-corrected chi connectivity index (χ4v) is 3.47. The number of halogens is 1. The molecule has 0 aromatic heterocycles. The monoisotopic (exact) mass is 352 g/mol. The van der Waals surface area contributed by atoms with Crippen molar-refractivity contribution in [3.05, 3.63) is 34.8 Å². The molecule has 2 aliphatic rings. The van der Waals surface area contributed by atoms with Crippen molar-refractivity contribution in [2.24, 2.45) is 5.41 Å². The highest BCUT2D eigenvalue weighted by Crippen LogP contribution is 2.50. The van der Waals surface area contributed by atoms with Crippen LogP contribution in [-0.2, 0) is 9.47 Å². The first-order chi connectivity index (χ1) is 10.1. The molecule has 1 unspecified atom stereocenters. The predicted molar refractivity (Wildman–Crippen MR) is 86.6 cm³/mol. The third kappa shape index (κ3) is 2.89. The van der Waals surface area contributed by atoms with Crippen molar-refractivity contribution in [3.8, 4) is 5.75 Å². The number of benzene rings is 1. The Labute approximate surface area is 134 Å². The molecule has 0 spiro atoms. The van der Waals surface area contributed by atoms with E-state index in [0.29, 0.717) is 26.4 Å². The highest BCUT2D eigenvalue weighted by molar-refractivity contribution is 9.10. The van der Waals surface area contributed by atoms with Gasteiger partial charge in [-0.05, 0) is 30.2 Å². The first-order valence-electron chi connectivity index (χ1n) is 7.43. The van der Waals surface area contributed by atoms with Crippen molar-refractivity contribution >= 4 is 21.5 Å². The van der Waals surface area contributed by atoms with Crippen molar-refractivity contribution < 1.29 is 14.2 Å². The molecule has 1 fully saturated rings. The van der Waals surface area contributed by atoms with Crippen LogP contribution in [0.3, 0.4) is 0 Å². The third-order valence-corrected chi connectivity index (χ3v) is 5.09. The van der Waals surface area contributed by atoms with Crippen LogP contribution in [0, 0.1) is 5.41 Å². The lowest BCUT2D eigenvalue weighted by molar-refractivity contribution is -0.0173. The summed E-state index contributed by atoms with van der Waals surface area (Å²) < 4.78 is 18.6. The second-order valence-corrected chi connectivity index (χ2v) is 6.82. The summed E-state index contributed by atoms with van der Waals surface area (Å²) in [7, 11) is 0. The van der Waals surface area contributed by atoms with Crippen LogP contribution in [0.4, 0.5) is 0 Å². The lowest BCUT2D eigenvalue weighted by atomic mass is 9.70. The average Bonchev–Trinajstić information content (AvgIpc) is 2.48. The van der Waals surface area contributed by atoms with Crippen LogP contribution in [0.25, 0.3) is 5.57 Å². The van der Waals surface area contributed by atoms with Crippen LogP contribution >= 0.6 is 15.9 Å². The number of hydrogen-bond acceptors (Lipinski definition) is 3. The summed E-state index contributed by atoms with van der Waals surface area (Å²) in [6, 6.07) is 6.12. The topological polar surface area (TPSA) is 27.7 Å². The number of rotatable bonds is 0. The van der Waals surface area contributed by atoms with Crippen molar-refractivity contribution in [1.29, 1.82) is 0 Å². The first-order valence-corrected chi connectivity index (χ1v) is 8.22. The quantitative estimate of drug-likeness (QED) is 0.704. The molecule has 2 heterocycles. The fraction of sp³-hybridized carbons (Fsp3) is 0.529. The Morgan fingerprint density at radius 2 is 1.95 bits per heavy atom. The van der Waals surface area contributed by atoms with Gasteiger partial charge in [0.25, 0.3) is 0 Å². The Morgan fingerprint density at radius 3 is 2.76 bits per heavy atom. The molecule has 0 bridgehead atoms. The summed E-state index contributed by atoms with van der Waals surface area (Å²) in [6.07, 6.45) is 1.88. The van der Waals surface area contributed by atoms with Gasteiger partial charge in [-0.1, -0.05) is 29.4 Å². The minimum atomic E-state index is -0.117. The van der Waals surface area contributed by atoms with Crippen LogP contribution in [-0.4, -0.2) is 32.5 Å². The number of ether oxygens (including phenoxy) is 3. The van der Waals surface area contributed by atoms with Gasteiger partial charge in [-0.3, -0.25) is 0 Å². The zero-order valence-electron chi connectivity index (χ0n) is 12.4. The second-order valence-electron chi connectivity index (χ2n) is 5.91. The minimum Gasteiger partial charge on any atom is -0.489 e. The first kappa shape index (κ1) is 15.1. The zero-order valence-corrected chi connectivity index (χ0v) is 13.9. The van der Waals surface area contributed by atoms with Gasteiger partial charge in [0.05, 0.1) is 19.8 Å². The molecule has 0 aliphatic carbocycles. The standard InChI is InChI=1S/C17H21BrO3/c1-12-14-11-13(18)3-4-15(14)21-16-5-7-19-9-10-20-8-6-17(12,16)2/h3-4,11,16H,1,5-10H2,2H3/t16-,17?/m1/s1. The van der Waals surface area contributed by atoms with Crippen molar-refractivity contribution in [1.82, 2.24) is 0 Å². The Balaban J connectivity index is 1.95. The molecule has 3 rings (SSSR count). The van der Waals surface area contributed by atoms with Gasteiger partial charge in [-0.25, -0.2) is 0 Å². The maximum atomic E-state index is 6.28. The van der Waals surface area contributed by atoms with Crippen molar-refractivity contribution in [2.75, 3.05) is 26.4 Å². The van der Waals surface area contributed by atoms with E-state index in [2.05, 4.69) is 35.5 Å². The Morgan fingerprint density at radius 1 is 1.19 bits per heavy atom. The molecule has 0 N–H and O–H groups in total. The largest absolute Gasteiger partial charge is 0.489 e. The van der Waals surface area contributed by atoms with Gasteiger partial charge in [0.15, 0.2) is 0 Å². The maximum absolute atomic E-state index is 6.28. The Hall–Kier alpha value is -0.840. The van der Waals surface area contributed by atoms with Crippen LogP contribution in [0.5, 0.6) is 5.75 Å². The summed E-state index contributed by atoms with van der Waals surface area (Å²) >= 11 is 3.53. The summed E-state index contributed by atoms with van der Waals surface area (Å²) in [5.74, 6) is 0.920. The molecule has 1 aromatic rings. The molecular formula is C17H21BrO3. The van der Waals surface area contributed by atoms with E-state index in [-0.39, 0.29) is 11.5 Å². The van der Waals surface area contributed by atoms with Crippen LogP contribution in [0.2, 0.25) is 0 Å². The lowest BCUT2D eigenvalue weighted by Gasteiger charge is -2.44. The summed E-state index contributed by atoms with van der Waals surface area (Å²) in [6.45, 7) is 9.34. The van der Waals surface area contributed by atoms with Crippen LogP contribution in [0.1, 0.15) is 25.3 Å². The summed E-state index contributed by atoms with van der Waals surface area (Å²) in [5, 5.41) is 0. The molecule has 2 aliphatic heterocycles. The SMILES string of the molecule is C=C1c2cc(Br)ccc2O[C@@H]2CCOCCOCCC12C. The van der Waals surface area contributed by atoms with Gasteiger partial charge < -0.3 is 14.2 Å². The van der Waals surface area contributed by atoms with Gasteiger partial charge in [-0.15, -0.1) is 0 Å². The molecule has 2 atom stereocenters. The highest BCUT2D eigenvalue weighted by atomic mass is 79.9. The van der Waals surface area contributed by atoms with Crippen molar-refractivity contribution in [3.63, 3.8) is 0 Å². The number of hydrogen-bond donors (Lipinski definition) is 0. The molecular weight excluding hydrogens is 332 g/mol. The fourth-order valence-electron chi connectivity index (χ4n) is 3.11. The van der Waals surface area contributed by atoms with Gasteiger partial charge in [0.2, 0.25) is 0 Å². The summed E-state index contributed by atoms with van der Waals surface area (Å²) in [4.78, 5) is 0. The Kier molecular flexibility index (Phi) is 4.38. The molecule has 1 aromatic carbocycles. The van der Waals surface area contributed by atoms with E-state index in [9.17, 15) is 0 Å². The van der Waals surface area contributed by atoms with E-state index >= 15 is 0 Å². The van der Waals surface area contributed by atoms with Gasteiger partial charge >= 0.3 is 0 Å². The molecule has 21 heavy (non-hydrogen) atoms. The lowest BCUT2D eigenvalue weighted by Crippen LogP contribution is -2.43. The molecule has 1 saturated heterocycles. The van der Waals surface area contributed by atoms with Crippen molar-refractivity contribution in [2.45, 2.75) is 25.9 Å². The molecule has 0 amide bonds. The van der Waals surface area contributed by atoms with Crippen LogP contribution in [0.15, 0.2) is 29.3 Å². The predicted octanol–water partition coefficient (Wildman–Crippen LogP) is 4.06. The molecule has 3 nitrogen and oxygen atoms in total. The van der Waals surface area contributed by atoms with E-state index < -0.39 is 0 Å². The normalized spacial score (nSPS) is 30.0. The molecule has 114 valence electrons. The highest BCUT2D eigenvalue weighted by Gasteiger charge is 2.43. The Bertz CT molecular complexity index is 543. The van der Waals surface area contributed by atoms with E-state index in [0.717, 1.165) is 34.2 Å². The second kappa shape index (κ2) is 6.11. The summed E-state index contributed by atoms with van der Waals surface area (Å²) in [5.41, 5.74) is 2.12. The van der Waals surface area contributed by atoms with Gasteiger partial charge in [-0.2, -0.15) is 0 Å². The molecule has 0 radical (unpaired) electrons. The van der Waals surface area contributed by atoms with E-state index in [1.54, 1.807) is 0 Å². The van der Waals surface area contributed by atoms with Gasteiger partial charge in [0.1, 0.15) is 11.9 Å². The van der Waals surface area contributed by atoms with E-state index in [1.807, 2.05) is 12.1 Å². The van der Waals surface area contributed by atoms with Gasteiger partial charge in [0, 0.05) is 28.5 Å². The molecule has 4 heteroatoms. The van der Waals surface area contributed by atoms with Crippen LogP contribution < -0.4 is 4.74 Å². The third-order valence-electron chi connectivity index (χ3n) is 4.60. The maximum Gasteiger partial charge on any atom is 0.127 e.